The highest BCUT2D eigenvalue weighted by Gasteiger charge is 2.23. The van der Waals surface area contributed by atoms with Crippen LogP contribution in [0.1, 0.15) is 16.0 Å². The second-order valence-electron chi connectivity index (χ2n) is 4.46. The van der Waals surface area contributed by atoms with Gasteiger partial charge < -0.3 is 5.73 Å². The van der Waals surface area contributed by atoms with Gasteiger partial charge in [-0.3, -0.25) is 4.72 Å². The fourth-order valence-corrected chi connectivity index (χ4v) is 5.40. The van der Waals surface area contributed by atoms with Crippen LogP contribution in [0.15, 0.2) is 32.9 Å². The first-order valence-electron chi connectivity index (χ1n) is 5.91. The van der Waals surface area contributed by atoms with Gasteiger partial charge in [0, 0.05) is 15.9 Å². The molecule has 1 heterocycles. The number of anilines is 1. The Hall–Kier alpha value is -0.890. The van der Waals surface area contributed by atoms with Crippen LogP contribution >= 0.6 is 27.3 Å². The SMILES string of the molecule is Cc1ccc(NS(=O)(=O)c2c(C)csc2CN)c(Br)c1. The van der Waals surface area contributed by atoms with E-state index in [0.717, 1.165) is 5.56 Å². The van der Waals surface area contributed by atoms with E-state index in [-0.39, 0.29) is 11.4 Å². The van der Waals surface area contributed by atoms with Gasteiger partial charge in [0.05, 0.1) is 5.69 Å². The fourth-order valence-electron chi connectivity index (χ4n) is 1.89. The summed E-state index contributed by atoms with van der Waals surface area (Å²) in [6.07, 6.45) is 0. The minimum absolute atomic E-state index is 0.212. The van der Waals surface area contributed by atoms with Crippen molar-refractivity contribution in [1.82, 2.24) is 0 Å². The smallest absolute Gasteiger partial charge is 0.263 e. The Morgan fingerprint density at radius 1 is 1.35 bits per heavy atom. The molecule has 0 unspecified atom stereocenters. The molecule has 0 bridgehead atoms. The lowest BCUT2D eigenvalue weighted by Crippen LogP contribution is -2.16. The number of benzene rings is 1. The van der Waals surface area contributed by atoms with Crippen molar-refractivity contribution in [2.24, 2.45) is 5.73 Å². The molecule has 0 aliphatic heterocycles. The standard InChI is InChI=1S/C13H15BrN2O2S2/c1-8-3-4-11(10(14)5-8)16-20(17,18)13-9(2)7-19-12(13)6-15/h3-5,7,16H,6,15H2,1-2H3. The number of thiophene rings is 1. The van der Waals surface area contributed by atoms with E-state index in [1.165, 1.54) is 11.3 Å². The summed E-state index contributed by atoms with van der Waals surface area (Å²) in [5.41, 5.74) is 7.89. The van der Waals surface area contributed by atoms with Crippen molar-refractivity contribution in [3.8, 4) is 0 Å². The summed E-state index contributed by atoms with van der Waals surface area (Å²) < 4.78 is 28.4. The number of hydrogen-bond acceptors (Lipinski definition) is 4. The first-order valence-corrected chi connectivity index (χ1v) is 9.06. The average molecular weight is 375 g/mol. The molecule has 0 radical (unpaired) electrons. The van der Waals surface area contributed by atoms with Crippen LogP contribution in [0.2, 0.25) is 0 Å². The summed E-state index contributed by atoms with van der Waals surface area (Å²) >= 11 is 4.73. The van der Waals surface area contributed by atoms with Crippen LogP contribution in [-0.2, 0) is 16.6 Å². The Labute approximate surface area is 131 Å². The minimum Gasteiger partial charge on any atom is -0.326 e. The van der Waals surface area contributed by atoms with Crippen LogP contribution in [0.4, 0.5) is 5.69 Å². The van der Waals surface area contributed by atoms with Gasteiger partial charge >= 0.3 is 0 Å². The van der Waals surface area contributed by atoms with Crippen LogP contribution in [-0.4, -0.2) is 8.42 Å². The largest absolute Gasteiger partial charge is 0.326 e. The van der Waals surface area contributed by atoms with E-state index < -0.39 is 10.0 Å². The van der Waals surface area contributed by atoms with E-state index in [0.29, 0.717) is 20.6 Å². The van der Waals surface area contributed by atoms with Crippen LogP contribution < -0.4 is 10.5 Å². The minimum atomic E-state index is -3.63. The van der Waals surface area contributed by atoms with E-state index in [1.54, 1.807) is 18.4 Å². The highest BCUT2D eigenvalue weighted by atomic mass is 79.9. The van der Waals surface area contributed by atoms with Gasteiger partial charge in [0.1, 0.15) is 4.90 Å². The molecular formula is C13H15BrN2O2S2. The highest BCUT2D eigenvalue weighted by molar-refractivity contribution is 9.10. The number of nitrogens with one attached hydrogen (secondary N) is 1. The maximum atomic E-state index is 12.5. The van der Waals surface area contributed by atoms with Crippen LogP contribution in [0.5, 0.6) is 0 Å². The maximum absolute atomic E-state index is 12.5. The third-order valence-corrected chi connectivity index (χ3v) is 6.32. The van der Waals surface area contributed by atoms with Crippen molar-refractivity contribution in [1.29, 1.82) is 0 Å². The van der Waals surface area contributed by atoms with Gasteiger partial charge in [0.15, 0.2) is 0 Å². The third kappa shape index (κ3) is 3.06. The van der Waals surface area contributed by atoms with Gasteiger partial charge in [-0.25, -0.2) is 8.42 Å². The van der Waals surface area contributed by atoms with Crippen molar-refractivity contribution >= 4 is 43.0 Å². The Morgan fingerprint density at radius 3 is 2.65 bits per heavy atom. The molecule has 2 rings (SSSR count). The number of halogens is 1. The Kier molecular flexibility index (Phi) is 4.53. The van der Waals surface area contributed by atoms with E-state index in [4.69, 9.17) is 5.73 Å². The summed E-state index contributed by atoms with van der Waals surface area (Å²) in [4.78, 5) is 0.954. The summed E-state index contributed by atoms with van der Waals surface area (Å²) in [7, 11) is -3.63. The monoisotopic (exact) mass is 374 g/mol. The van der Waals surface area contributed by atoms with Crippen molar-refractivity contribution in [3.05, 3.63) is 44.1 Å². The zero-order valence-electron chi connectivity index (χ0n) is 11.1. The van der Waals surface area contributed by atoms with E-state index in [2.05, 4.69) is 20.7 Å². The van der Waals surface area contributed by atoms with Crippen molar-refractivity contribution in [2.45, 2.75) is 25.3 Å². The number of hydrogen-bond donors (Lipinski definition) is 2. The van der Waals surface area contributed by atoms with Gasteiger partial charge in [0.25, 0.3) is 10.0 Å². The van der Waals surface area contributed by atoms with Crippen LogP contribution in [0, 0.1) is 13.8 Å². The van der Waals surface area contributed by atoms with Crippen LogP contribution in [0.3, 0.4) is 0 Å². The normalized spacial score (nSPS) is 11.6. The van der Waals surface area contributed by atoms with Crippen molar-refractivity contribution < 1.29 is 8.42 Å². The molecule has 20 heavy (non-hydrogen) atoms. The quantitative estimate of drug-likeness (QED) is 0.861. The molecule has 0 aliphatic carbocycles. The summed E-state index contributed by atoms with van der Waals surface area (Å²) in [5, 5.41) is 1.81. The summed E-state index contributed by atoms with van der Waals surface area (Å²) in [6, 6.07) is 5.45. The molecule has 1 aromatic carbocycles. The molecule has 1 aromatic heterocycles. The topological polar surface area (TPSA) is 72.2 Å². The molecule has 2 aromatic rings. The molecule has 0 atom stereocenters. The molecule has 4 nitrogen and oxygen atoms in total. The molecule has 7 heteroatoms. The molecular weight excluding hydrogens is 360 g/mol. The second kappa shape index (κ2) is 5.85. The van der Waals surface area contributed by atoms with Gasteiger partial charge in [-0.2, -0.15) is 0 Å². The lowest BCUT2D eigenvalue weighted by atomic mass is 10.2. The average Bonchev–Trinajstić information content (AvgIpc) is 2.75. The first kappa shape index (κ1) is 15.5. The molecule has 0 spiro atoms. The number of nitrogens with two attached hydrogens (primary N) is 1. The van der Waals surface area contributed by atoms with Gasteiger partial charge in [-0.1, -0.05) is 6.07 Å². The number of aryl methyl sites for hydroxylation is 2. The number of rotatable bonds is 4. The number of sulfonamides is 1. The summed E-state index contributed by atoms with van der Waals surface area (Å²) in [6.45, 7) is 3.93. The van der Waals surface area contributed by atoms with E-state index in [1.807, 2.05) is 19.1 Å². The first-order chi connectivity index (χ1) is 9.35. The zero-order chi connectivity index (χ0) is 14.9. The lowest BCUT2D eigenvalue weighted by Gasteiger charge is -2.11. The molecule has 108 valence electrons. The predicted octanol–water partition coefficient (Wildman–Crippen LogP) is 3.39. The second-order valence-corrected chi connectivity index (χ2v) is 7.90. The van der Waals surface area contributed by atoms with Crippen molar-refractivity contribution in [2.75, 3.05) is 4.72 Å². The molecule has 0 saturated carbocycles. The van der Waals surface area contributed by atoms with Gasteiger partial charge in [-0.15, -0.1) is 11.3 Å². The Morgan fingerprint density at radius 2 is 2.05 bits per heavy atom. The van der Waals surface area contributed by atoms with Gasteiger partial charge in [-0.05, 0) is 58.4 Å². The maximum Gasteiger partial charge on any atom is 0.263 e. The predicted molar refractivity (Wildman–Crippen MR) is 86.6 cm³/mol. The molecule has 0 saturated heterocycles. The zero-order valence-corrected chi connectivity index (χ0v) is 14.3. The van der Waals surface area contributed by atoms with Gasteiger partial charge in [0.2, 0.25) is 0 Å². The lowest BCUT2D eigenvalue weighted by molar-refractivity contribution is 0.600. The fraction of sp³-hybridized carbons (Fsp3) is 0.231. The molecule has 0 aliphatic rings. The Balaban J connectivity index is 2.43. The highest BCUT2D eigenvalue weighted by Crippen LogP contribution is 2.30. The third-order valence-electron chi connectivity index (χ3n) is 2.81. The Bertz CT molecular complexity index is 739. The van der Waals surface area contributed by atoms with Crippen LogP contribution in [0.25, 0.3) is 0 Å². The van der Waals surface area contributed by atoms with E-state index >= 15 is 0 Å². The molecule has 3 N–H and O–H groups in total. The summed E-state index contributed by atoms with van der Waals surface area (Å²) in [5.74, 6) is 0. The molecule has 0 amide bonds. The molecule has 0 fully saturated rings. The van der Waals surface area contributed by atoms with E-state index in [9.17, 15) is 8.42 Å². The van der Waals surface area contributed by atoms with Crippen molar-refractivity contribution in [3.63, 3.8) is 0 Å².